The minimum Gasteiger partial charge on any atom is -0.506 e. The van der Waals surface area contributed by atoms with E-state index in [1.807, 2.05) is 13.8 Å². The molecular weight excluding hydrogens is 550 g/mol. The summed E-state index contributed by atoms with van der Waals surface area (Å²) in [4.78, 5) is 15.6. The predicted molar refractivity (Wildman–Crippen MR) is 154 cm³/mol. The van der Waals surface area contributed by atoms with Gasteiger partial charge >= 0.3 is 0 Å². The van der Waals surface area contributed by atoms with Gasteiger partial charge in [0.2, 0.25) is 5.91 Å². The molecule has 0 saturated carbocycles. The standard InChI is InChI=1S/C32H29ClF2N2O4/c1-4-5-13-40-21-11-12-22(24(35)16-21)30-31-25(17-32(2,3)18-41-31)36-29-26(7-6-8-27(29)38)37(30)28(39)14-19-9-10-20(34)15-23(19)33/h6-12,15-16,30,36,38H,13-14,17-18H2,1-3H3. The zero-order valence-corrected chi connectivity index (χ0v) is 23.6. The highest BCUT2D eigenvalue weighted by Crippen LogP contribution is 2.50. The van der Waals surface area contributed by atoms with Gasteiger partial charge in [-0.3, -0.25) is 9.69 Å². The average molecular weight is 579 g/mol. The molecule has 0 spiro atoms. The number of anilines is 2. The number of allylic oxidation sites excluding steroid dienone is 1. The molecule has 2 aliphatic heterocycles. The summed E-state index contributed by atoms with van der Waals surface area (Å²) in [6.07, 6.45) is 0.314. The number of fused-ring (bicyclic) bond motifs is 1. The van der Waals surface area contributed by atoms with Gasteiger partial charge in [0.15, 0.2) is 0 Å². The van der Waals surface area contributed by atoms with E-state index in [1.165, 1.54) is 29.2 Å². The minimum absolute atomic E-state index is 0.0859. The number of aromatic hydroxyl groups is 1. The van der Waals surface area contributed by atoms with Crippen molar-refractivity contribution in [1.29, 1.82) is 0 Å². The van der Waals surface area contributed by atoms with Crippen LogP contribution in [0.3, 0.4) is 0 Å². The van der Waals surface area contributed by atoms with Crippen LogP contribution in [0.4, 0.5) is 20.2 Å². The topological polar surface area (TPSA) is 71.0 Å². The van der Waals surface area contributed by atoms with Crippen LogP contribution in [-0.2, 0) is 16.0 Å². The number of halogens is 3. The lowest BCUT2D eigenvalue weighted by Gasteiger charge is -2.38. The first-order chi connectivity index (χ1) is 19.6. The highest BCUT2D eigenvalue weighted by Gasteiger charge is 2.42. The highest BCUT2D eigenvalue weighted by atomic mass is 35.5. The van der Waals surface area contributed by atoms with E-state index < -0.39 is 23.6 Å². The molecule has 1 unspecified atom stereocenters. The molecule has 2 heterocycles. The zero-order chi connectivity index (χ0) is 29.3. The highest BCUT2D eigenvalue weighted by molar-refractivity contribution is 6.31. The lowest BCUT2D eigenvalue weighted by molar-refractivity contribution is -0.118. The number of nitrogens with one attached hydrogen (secondary N) is 1. The van der Waals surface area contributed by atoms with Gasteiger partial charge in [0.05, 0.1) is 24.4 Å². The third-order valence-electron chi connectivity index (χ3n) is 7.01. The van der Waals surface area contributed by atoms with E-state index in [4.69, 9.17) is 21.1 Å². The summed E-state index contributed by atoms with van der Waals surface area (Å²) in [6.45, 7) is 6.19. The number of rotatable bonds is 5. The fourth-order valence-electron chi connectivity index (χ4n) is 5.07. The molecule has 0 radical (unpaired) electrons. The number of benzene rings is 3. The van der Waals surface area contributed by atoms with Crippen LogP contribution in [0.25, 0.3) is 0 Å². The van der Waals surface area contributed by atoms with Crippen molar-refractivity contribution in [1.82, 2.24) is 0 Å². The van der Waals surface area contributed by atoms with Gasteiger partial charge in [-0.05, 0) is 55.3 Å². The second kappa shape index (κ2) is 11.3. The number of hydrogen-bond donors (Lipinski definition) is 2. The second-order valence-corrected chi connectivity index (χ2v) is 11.2. The molecule has 3 aromatic carbocycles. The van der Waals surface area contributed by atoms with Crippen LogP contribution < -0.4 is 15.0 Å². The van der Waals surface area contributed by atoms with Crippen molar-refractivity contribution >= 4 is 28.9 Å². The molecule has 2 aliphatic rings. The Morgan fingerprint density at radius 2 is 2.02 bits per heavy atom. The van der Waals surface area contributed by atoms with Gasteiger partial charge in [-0.1, -0.05) is 43.5 Å². The summed E-state index contributed by atoms with van der Waals surface area (Å²) in [6, 6.07) is 12.0. The van der Waals surface area contributed by atoms with E-state index >= 15 is 4.39 Å². The van der Waals surface area contributed by atoms with Gasteiger partial charge < -0.3 is 19.9 Å². The second-order valence-electron chi connectivity index (χ2n) is 10.7. The minimum atomic E-state index is -1.03. The zero-order valence-electron chi connectivity index (χ0n) is 22.9. The summed E-state index contributed by atoms with van der Waals surface area (Å²) in [5.74, 6) is 4.47. The van der Waals surface area contributed by atoms with Crippen molar-refractivity contribution in [2.45, 2.75) is 39.7 Å². The first-order valence-electron chi connectivity index (χ1n) is 13.1. The number of nitrogens with zero attached hydrogens (tertiary/aromatic N) is 1. The molecule has 9 heteroatoms. The number of carbonyl (C=O) groups is 1. The van der Waals surface area contributed by atoms with Crippen molar-refractivity contribution in [2.24, 2.45) is 5.41 Å². The van der Waals surface area contributed by atoms with Crippen LogP contribution in [0.5, 0.6) is 11.5 Å². The largest absolute Gasteiger partial charge is 0.506 e. The van der Waals surface area contributed by atoms with Gasteiger partial charge in [-0.15, -0.1) is 5.92 Å². The molecule has 6 nitrogen and oxygen atoms in total. The fraction of sp³-hybridized carbons (Fsp3) is 0.281. The first kappa shape index (κ1) is 28.3. The third kappa shape index (κ3) is 5.82. The molecule has 1 atom stereocenters. The summed E-state index contributed by atoms with van der Waals surface area (Å²) in [5, 5.41) is 14.3. The molecule has 0 fully saturated rings. The van der Waals surface area contributed by atoms with Crippen molar-refractivity contribution in [3.63, 3.8) is 0 Å². The van der Waals surface area contributed by atoms with Crippen LogP contribution >= 0.6 is 11.6 Å². The van der Waals surface area contributed by atoms with E-state index in [1.54, 1.807) is 31.2 Å². The molecule has 0 saturated heterocycles. The Balaban J connectivity index is 1.69. The van der Waals surface area contributed by atoms with Crippen molar-refractivity contribution in [3.8, 4) is 23.3 Å². The lowest BCUT2D eigenvalue weighted by atomic mass is 9.85. The van der Waals surface area contributed by atoms with Crippen molar-refractivity contribution in [3.05, 3.63) is 93.8 Å². The maximum Gasteiger partial charge on any atom is 0.232 e. The summed E-state index contributed by atoms with van der Waals surface area (Å²) < 4.78 is 41.5. The molecule has 212 valence electrons. The molecule has 5 rings (SSSR count). The van der Waals surface area contributed by atoms with E-state index in [2.05, 4.69) is 17.2 Å². The molecule has 41 heavy (non-hydrogen) atoms. The Morgan fingerprint density at radius 3 is 2.76 bits per heavy atom. The Labute approximate surface area is 242 Å². The SMILES string of the molecule is CC#CCOc1ccc(C2C3=C(CC(C)(C)CO3)Nc3c(O)cccc3N2C(=O)Cc2ccc(F)cc2Cl)c(F)c1. The number of amides is 1. The Kier molecular flexibility index (Phi) is 7.83. The normalized spacial score (nSPS) is 17.2. The summed E-state index contributed by atoms with van der Waals surface area (Å²) in [7, 11) is 0. The Bertz CT molecular complexity index is 1610. The summed E-state index contributed by atoms with van der Waals surface area (Å²) >= 11 is 6.28. The van der Waals surface area contributed by atoms with E-state index in [0.29, 0.717) is 41.4 Å². The first-order valence-corrected chi connectivity index (χ1v) is 13.5. The number of phenolic OH excluding ortho intramolecular Hbond substituents is 1. The predicted octanol–water partition coefficient (Wildman–Crippen LogP) is 7.13. The number of ether oxygens (including phenoxy) is 2. The molecule has 0 bridgehead atoms. The smallest absolute Gasteiger partial charge is 0.232 e. The van der Waals surface area contributed by atoms with Crippen LogP contribution in [0.15, 0.2) is 66.1 Å². The van der Waals surface area contributed by atoms with E-state index in [0.717, 1.165) is 6.07 Å². The Hall–Kier alpha value is -4.22. The maximum absolute atomic E-state index is 15.9. The van der Waals surface area contributed by atoms with Gasteiger partial charge in [-0.25, -0.2) is 8.78 Å². The quantitative estimate of drug-likeness (QED) is 0.249. The van der Waals surface area contributed by atoms with Crippen LogP contribution in [0.1, 0.15) is 44.4 Å². The van der Waals surface area contributed by atoms with Gasteiger partial charge in [0.1, 0.15) is 47.2 Å². The van der Waals surface area contributed by atoms with Gasteiger partial charge in [0, 0.05) is 22.1 Å². The molecule has 1 amide bonds. The van der Waals surface area contributed by atoms with E-state index in [9.17, 15) is 14.3 Å². The summed E-state index contributed by atoms with van der Waals surface area (Å²) in [5.41, 5.74) is 1.55. The average Bonchev–Trinajstić information content (AvgIpc) is 3.05. The Morgan fingerprint density at radius 1 is 1.22 bits per heavy atom. The number of phenols is 1. The molecule has 2 N–H and O–H groups in total. The van der Waals surface area contributed by atoms with Gasteiger partial charge in [0.25, 0.3) is 0 Å². The van der Waals surface area contributed by atoms with E-state index in [-0.39, 0.29) is 40.5 Å². The molecule has 3 aromatic rings. The molecular formula is C32H29ClF2N2O4. The third-order valence-corrected chi connectivity index (χ3v) is 7.37. The van der Waals surface area contributed by atoms with Gasteiger partial charge in [-0.2, -0.15) is 0 Å². The van der Waals surface area contributed by atoms with Crippen LogP contribution in [0.2, 0.25) is 5.02 Å². The molecule has 0 aliphatic carbocycles. The van der Waals surface area contributed by atoms with Crippen LogP contribution in [0, 0.1) is 28.9 Å². The maximum atomic E-state index is 15.9. The fourth-order valence-corrected chi connectivity index (χ4v) is 5.31. The lowest BCUT2D eigenvalue weighted by Crippen LogP contribution is -2.39. The monoisotopic (exact) mass is 578 g/mol. The number of carbonyl (C=O) groups excluding carboxylic acids is 1. The molecule has 0 aromatic heterocycles. The number of hydrogen-bond acceptors (Lipinski definition) is 5. The number of para-hydroxylation sites is 1. The van der Waals surface area contributed by atoms with Crippen LogP contribution in [-0.4, -0.2) is 24.2 Å². The van der Waals surface area contributed by atoms with Crippen molar-refractivity contribution < 1.29 is 28.2 Å². The van der Waals surface area contributed by atoms with Crippen molar-refractivity contribution in [2.75, 3.05) is 23.4 Å².